The van der Waals surface area contributed by atoms with Crippen LogP contribution in [0.15, 0.2) is 24.3 Å². The smallest absolute Gasteiger partial charge is 0.251 e. The first-order valence-corrected chi connectivity index (χ1v) is 7.78. The average Bonchev–Trinajstić information content (AvgIpc) is 3.33. The number of nitrogens with one attached hydrogen (secondary N) is 1. The molecule has 1 aliphatic carbocycles. The van der Waals surface area contributed by atoms with Gasteiger partial charge in [-0.1, -0.05) is 29.8 Å². The molecule has 22 heavy (non-hydrogen) atoms. The summed E-state index contributed by atoms with van der Waals surface area (Å²) >= 11 is 0. The number of aryl methyl sites for hydroxylation is 1. The van der Waals surface area contributed by atoms with Crippen molar-refractivity contribution >= 4 is 11.8 Å². The summed E-state index contributed by atoms with van der Waals surface area (Å²) in [7, 11) is 1.73. The zero-order valence-corrected chi connectivity index (χ0v) is 13.0. The van der Waals surface area contributed by atoms with Crippen LogP contribution in [-0.2, 0) is 14.3 Å². The molecule has 5 nitrogen and oxygen atoms in total. The highest BCUT2D eigenvalue weighted by Crippen LogP contribution is 2.30. The van der Waals surface area contributed by atoms with Gasteiger partial charge in [-0.2, -0.15) is 0 Å². The van der Waals surface area contributed by atoms with Gasteiger partial charge in [-0.3, -0.25) is 9.59 Å². The normalized spacial score (nSPS) is 25.2. The Morgan fingerprint density at radius 1 is 1.32 bits per heavy atom. The SMILES string of the molecule is Cc1ccc(C2C(C(=O)NCC3CC3)OCC(=O)N2C)cc1. The maximum absolute atomic E-state index is 12.5. The Hall–Kier alpha value is -1.88. The van der Waals surface area contributed by atoms with Gasteiger partial charge in [-0.05, 0) is 31.2 Å². The summed E-state index contributed by atoms with van der Waals surface area (Å²) in [4.78, 5) is 26.0. The van der Waals surface area contributed by atoms with E-state index >= 15 is 0 Å². The van der Waals surface area contributed by atoms with Gasteiger partial charge in [0.15, 0.2) is 6.10 Å². The first-order valence-electron chi connectivity index (χ1n) is 7.78. The minimum atomic E-state index is -0.649. The van der Waals surface area contributed by atoms with Crippen molar-refractivity contribution in [1.82, 2.24) is 10.2 Å². The molecule has 3 rings (SSSR count). The predicted octanol–water partition coefficient (Wildman–Crippen LogP) is 1.42. The Bertz CT molecular complexity index is 566. The van der Waals surface area contributed by atoms with E-state index < -0.39 is 6.10 Å². The number of benzene rings is 1. The lowest BCUT2D eigenvalue weighted by Crippen LogP contribution is -2.53. The average molecular weight is 302 g/mol. The van der Waals surface area contributed by atoms with Gasteiger partial charge in [0.25, 0.3) is 5.91 Å². The van der Waals surface area contributed by atoms with Gasteiger partial charge in [-0.25, -0.2) is 0 Å². The molecule has 0 radical (unpaired) electrons. The number of hydrogen-bond donors (Lipinski definition) is 1. The van der Waals surface area contributed by atoms with Crippen LogP contribution in [-0.4, -0.2) is 43.0 Å². The van der Waals surface area contributed by atoms with Crippen molar-refractivity contribution in [1.29, 1.82) is 0 Å². The van der Waals surface area contributed by atoms with Gasteiger partial charge >= 0.3 is 0 Å². The Morgan fingerprint density at radius 3 is 2.64 bits per heavy atom. The van der Waals surface area contributed by atoms with Crippen molar-refractivity contribution in [3.05, 3.63) is 35.4 Å². The number of hydrogen-bond acceptors (Lipinski definition) is 3. The molecule has 2 atom stereocenters. The van der Waals surface area contributed by atoms with E-state index in [0.717, 1.165) is 11.1 Å². The van der Waals surface area contributed by atoms with E-state index in [1.165, 1.54) is 12.8 Å². The minimum Gasteiger partial charge on any atom is -0.356 e. The summed E-state index contributed by atoms with van der Waals surface area (Å²) in [5.74, 6) is 0.387. The van der Waals surface area contributed by atoms with Crippen LogP contribution in [0, 0.1) is 12.8 Å². The summed E-state index contributed by atoms with van der Waals surface area (Å²) in [6, 6.07) is 7.52. The molecule has 1 aliphatic heterocycles. The van der Waals surface area contributed by atoms with Gasteiger partial charge in [0.2, 0.25) is 5.91 Å². The standard InChI is InChI=1S/C17H22N2O3/c1-11-3-7-13(8-4-11)15-16(22-10-14(20)19(15)2)17(21)18-9-12-5-6-12/h3-4,7-8,12,15-16H,5-6,9-10H2,1-2H3,(H,18,21). The summed E-state index contributed by atoms with van der Waals surface area (Å²) < 4.78 is 5.57. The van der Waals surface area contributed by atoms with E-state index in [9.17, 15) is 9.59 Å². The lowest BCUT2D eigenvalue weighted by atomic mass is 9.96. The molecule has 0 bridgehead atoms. The third kappa shape index (κ3) is 3.14. The molecule has 1 aromatic carbocycles. The largest absolute Gasteiger partial charge is 0.356 e. The van der Waals surface area contributed by atoms with Crippen molar-refractivity contribution < 1.29 is 14.3 Å². The van der Waals surface area contributed by atoms with E-state index in [1.807, 2.05) is 31.2 Å². The molecule has 118 valence electrons. The second-order valence-corrected chi connectivity index (χ2v) is 6.28. The first kappa shape index (κ1) is 15.0. The van der Waals surface area contributed by atoms with Crippen LogP contribution >= 0.6 is 0 Å². The molecule has 2 fully saturated rings. The second kappa shape index (κ2) is 6.08. The maximum Gasteiger partial charge on any atom is 0.251 e. The van der Waals surface area contributed by atoms with Gasteiger partial charge in [0.1, 0.15) is 6.61 Å². The van der Waals surface area contributed by atoms with Gasteiger partial charge in [-0.15, -0.1) is 0 Å². The number of likely N-dealkylation sites (N-methyl/N-ethyl adjacent to an activating group) is 1. The Balaban J connectivity index is 1.80. The van der Waals surface area contributed by atoms with Crippen molar-refractivity contribution in [2.45, 2.75) is 31.9 Å². The van der Waals surface area contributed by atoms with Crippen LogP contribution in [0.3, 0.4) is 0 Å². The molecule has 1 aromatic rings. The number of nitrogens with zero attached hydrogens (tertiary/aromatic N) is 1. The van der Waals surface area contributed by atoms with E-state index in [1.54, 1.807) is 11.9 Å². The third-order valence-electron chi connectivity index (χ3n) is 4.42. The number of ether oxygens (including phenoxy) is 1. The lowest BCUT2D eigenvalue weighted by molar-refractivity contribution is -0.162. The molecule has 1 N–H and O–H groups in total. The topological polar surface area (TPSA) is 58.6 Å². The van der Waals surface area contributed by atoms with Crippen molar-refractivity contribution in [3.8, 4) is 0 Å². The maximum atomic E-state index is 12.5. The van der Waals surface area contributed by atoms with E-state index in [4.69, 9.17) is 4.74 Å². The van der Waals surface area contributed by atoms with E-state index in [-0.39, 0.29) is 24.5 Å². The molecule has 5 heteroatoms. The molecule has 1 saturated carbocycles. The molecule has 1 heterocycles. The highest BCUT2D eigenvalue weighted by Gasteiger charge is 2.40. The van der Waals surface area contributed by atoms with E-state index in [0.29, 0.717) is 12.5 Å². The molecule has 1 saturated heterocycles. The van der Waals surface area contributed by atoms with Crippen LogP contribution in [0.4, 0.5) is 0 Å². The lowest BCUT2D eigenvalue weighted by Gasteiger charge is -2.38. The molecular formula is C17H22N2O3. The van der Waals surface area contributed by atoms with Crippen LogP contribution in [0.2, 0.25) is 0 Å². The van der Waals surface area contributed by atoms with Crippen LogP contribution in [0.1, 0.15) is 30.0 Å². The molecular weight excluding hydrogens is 280 g/mol. The predicted molar refractivity (Wildman–Crippen MR) is 82.2 cm³/mol. The first-order chi connectivity index (χ1) is 10.6. The molecule has 0 aromatic heterocycles. The highest BCUT2D eigenvalue weighted by molar-refractivity contribution is 5.86. The fraction of sp³-hybridized carbons (Fsp3) is 0.529. The van der Waals surface area contributed by atoms with Crippen LogP contribution < -0.4 is 5.32 Å². The van der Waals surface area contributed by atoms with Crippen molar-refractivity contribution in [3.63, 3.8) is 0 Å². The zero-order chi connectivity index (χ0) is 15.7. The van der Waals surface area contributed by atoms with Crippen LogP contribution in [0.5, 0.6) is 0 Å². The Kier molecular flexibility index (Phi) is 4.16. The summed E-state index contributed by atoms with van der Waals surface area (Å²) in [6.45, 7) is 2.67. The Morgan fingerprint density at radius 2 is 2.00 bits per heavy atom. The quantitative estimate of drug-likeness (QED) is 0.915. The fourth-order valence-corrected chi connectivity index (χ4v) is 2.76. The number of carbonyl (C=O) groups excluding carboxylic acids is 2. The number of rotatable bonds is 4. The van der Waals surface area contributed by atoms with Crippen molar-refractivity contribution in [2.75, 3.05) is 20.2 Å². The third-order valence-corrected chi connectivity index (χ3v) is 4.42. The fourth-order valence-electron chi connectivity index (χ4n) is 2.76. The van der Waals surface area contributed by atoms with Gasteiger partial charge in [0, 0.05) is 13.6 Å². The summed E-state index contributed by atoms with van der Waals surface area (Å²) in [5.41, 5.74) is 2.07. The zero-order valence-electron chi connectivity index (χ0n) is 13.0. The highest BCUT2D eigenvalue weighted by atomic mass is 16.5. The minimum absolute atomic E-state index is 0.0413. The number of amides is 2. The number of morpholine rings is 1. The summed E-state index contributed by atoms with van der Waals surface area (Å²) in [6.07, 6.45) is 1.72. The van der Waals surface area contributed by atoms with Gasteiger partial charge < -0.3 is 15.0 Å². The van der Waals surface area contributed by atoms with Crippen LogP contribution in [0.25, 0.3) is 0 Å². The monoisotopic (exact) mass is 302 g/mol. The van der Waals surface area contributed by atoms with Crippen molar-refractivity contribution in [2.24, 2.45) is 5.92 Å². The van der Waals surface area contributed by atoms with Gasteiger partial charge in [0.05, 0.1) is 6.04 Å². The molecule has 2 amide bonds. The Labute approximate surface area is 130 Å². The van der Waals surface area contributed by atoms with E-state index in [2.05, 4.69) is 5.32 Å². The molecule has 2 aliphatic rings. The molecule has 0 spiro atoms. The summed E-state index contributed by atoms with van der Waals surface area (Å²) in [5, 5.41) is 2.96. The molecule has 2 unspecified atom stereocenters. The second-order valence-electron chi connectivity index (χ2n) is 6.28. The number of carbonyl (C=O) groups is 2.